The van der Waals surface area contributed by atoms with Crippen LogP contribution in [-0.2, 0) is 10.0 Å². The van der Waals surface area contributed by atoms with Gasteiger partial charge in [-0.3, -0.25) is 4.72 Å². The summed E-state index contributed by atoms with van der Waals surface area (Å²) in [6.07, 6.45) is 6.52. The van der Waals surface area contributed by atoms with E-state index >= 15 is 0 Å². The zero-order valence-electron chi connectivity index (χ0n) is 20.3. The second kappa shape index (κ2) is 10.4. The van der Waals surface area contributed by atoms with Crippen molar-refractivity contribution in [2.75, 3.05) is 23.7 Å². The normalized spacial score (nSPS) is 14.7. The molecule has 1 aliphatic rings. The van der Waals surface area contributed by atoms with E-state index < -0.39 is 10.0 Å². The highest BCUT2D eigenvalue weighted by Gasteiger charge is 2.22. The van der Waals surface area contributed by atoms with Crippen LogP contribution in [0.2, 0.25) is 0 Å². The van der Waals surface area contributed by atoms with Crippen LogP contribution in [0, 0.1) is 26.7 Å². The van der Waals surface area contributed by atoms with E-state index in [0.717, 1.165) is 38.9 Å². The molecule has 3 aromatic rings. The quantitative estimate of drug-likeness (QED) is 0.368. The Kier molecular flexibility index (Phi) is 7.48. The van der Waals surface area contributed by atoms with E-state index in [-0.39, 0.29) is 4.90 Å². The van der Waals surface area contributed by atoms with Crippen LogP contribution in [0.4, 0.5) is 10.8 Å². The summed E-state index contributed by atoms with van der Waals surface area (Å²) in [4.78, 5) is 5.76. The molecule has 0 atom stereocenters. The number of nitrogens with zero attached hydrogens (tertiary/aromatic N) is 1. The molecule has 0 amide bonds. The highest BCUT2D eigenvalue weighted by atomic mass is 32.2. The minimum absolute atomic E-state index is 0.107. The number of ether oxygens (including phenoxy) is 1. The maximum Gasteiger partial charge on any atom is 0.265 e. The number of benzene rings is 2. The largest absolute Gasteiger partial charge is 0.495 e. The number of sulfonamides is 1. The summed E-state index contributed by atoms with van der Waals surface area (Å²) < 4.78 is 34.7. The van der Waals surface area contributed by atoms with Gasteiger partial charge in [0.1, 0.15) is 10.6 Å². The third-order valence-corrected chi connectivity index (χ3v) is 9.10. The van der Waals surface area contributed by atoms with Crippen LogP contribution in [0.5, 0.6) is 5.75 Å². The zero-order chi connectivity index (χ0) is 24.3. The summed E-state index contributed by atoms with van der Waals surface area (Å²) in [5.41, 5.74) is 4.35. The molecule has 1 saturated carbocycles. The molecule has 182 valence electrons. The Morgan fingerprint density at radius 2 is 1.79 bits per heavy atom. The minimum Gasteiger partial charge on any atom is -0.495 e. The third kappa shape index (κ3) is 5.55. The van der Waals surface area contributed by atoms with Crippen molar-refractivity contribution in [3.63, 3.8) is 0 Å². The first kappa shape index (κ1) is 24.5. The van der Waals surface area contributed by atoms with Crippen LogP contribution in [0.15, 0.2) is 41.3 Å². The molecule has 0 spiro atoms. The number of nitrogens with one attached hydrogen (secondary N) is 2. The summed E-state index contributed by atoms with van der Waals surface area (Å²) in [5.74, 6) is 1.01. The van der Waals surface area contributed by atoms with E-state index in [1.54, 1.807) is 29.5 Å². The molecule has 1 fully saturated rings. The van der Waals surface area contributed by atoms with Crippen molar-refractivity contribution in [1.29, 1.82) is 0 Å². The summed E-state index contributed by atoms with van der Waals surface area (Å²) in [7, 11) is -2.37. The number of aryl methyl sites for hydroxylation is 3. The number of hydrogen-bond donors (Lipinski definition) is 2. The summed E-state index contributed by atoms with van der Waals surface area (Å²) >= 11 is 1.56. The van der Waals surface area contributed by atoms with Crippen LogP contribution in [-0.4, -0.2) is 27.1 Å². The number of thiazole rings is 1. The molecule has 8 heteroatoms. The average molecular weight is 500 g/mol. The first-order chi connectivity index (χ1) is 16.3. The van der Waals surface area contributed by atoms with Crippen LogP contribution < -0.4 is 14.8 Å². The standard InChI is InChI=1S/C26H33N3O3S2/c1-17-10-12-22(14-18(17)2)29-34(30,31)24-15-21(11-13-23(24)32-4)25-19(3)28-26(33-25)27-16-20-8-6-5-7-9-20/h10-15,20,29H,5-9,16H2,1-4H3,(H,27,28). The van der Waals surface area contributed by atoms with Crippen molar-refractivity contribution in [3.8, 4) is 16.2 Å². The lowest BCUT2D eigenvalue weighted by Crippen LogP contribution is -2.16. The lowest BCUT2D eigenvalue weighted by molar-refractivity contribution is 0.373. The molecule has 0 saturated heterocycles. The molecule has 4 rings (SSSR count). The van der Waals surface area contributed by atoms with E-state index in [1.807, 2.05) is 39.0 Å². The SMILES string of the molecule is COc1ccc(-c2sc(NCC3CCCCC3)nc2C)cc1S(=O)(=O)Nc1ccc(C)c(C)c1. The van der Waals surface area contributed by atoms with Crippen molar-refractivity contribution in [2.24, 2.45) is 5.92 Å². The fourth-order valence-electron chi connectivity index (χ4n) is 4.41. The predicted molar refractivity (Wildman–Crippen MR) is 141 cm³/mol. The lowest BCUT2D eigenvalue weighted by Gasteiger charge is -2.21. The second-order valence-corrected chi connectivity index (χ2v) is 11.7. The molecule has 2 aromatic carbocycles. The van der Waals surface area contributed by atoms with Gasteiger partial charge in [0.05, 0.1) is 17.7 Å². The van der Waals surface area contributed by atoms with Crippen molar-refractivity contribution in [3.05, 3.63) is 53.2 Å². The predicted octanol–water partition coefficient (Wildman–Crippen LogP) is 6.54. The van der Waals surface area contributed by atoms with Gasteiger partial charge in [0.25, 0.3) is 10.0 Å². The zero-order valence-corrected chi connectivity index (χ0v) is 21.9. The Balaban J connectivity index is 1.59. The fourth-order valence-corrected chi connectivity index (χ4v) is 6.62. The Labute approximate surface area is 206 Å². The summed E-state index contributed by atoms with van der Waals surface area (Å²) in [5, 5.41) is 4.39. The van der Waals surface area contributed by atoms with Gasteiger partial charge in [0, 0.05) is 12.2 Å². The maximum absolute atomic E-state index is 13.3. The highest BCUT2D eigenvalue weighted by Crippen LogP contribution is 2.37. The maximum atomic E-state index is 13.3. The molecular formula is C26H33N3O3S2. The Hall–Kier alpha value is -2.58. The van der Waals surface area contributed by atoms with Crippen LogP contribution >= 0.6 is 11.3 Å². The molecule has 1 aliphatic carbocycles. The monoisotopic (exact) mass is 499 g/mol. The summed E-state index contributed by atoms with van der Waals surface area (Å²) in [6, 6.07) is 10.8. The second-order valence-electron chi connectivity index (χ2n) is 9.09. The Bertz CT molecular complexity index is 1260. The minimum atomic E-state index is -3.85. The molecule has 34 heavy (non-hydrogen) atoms. The first-order valence-corrected chi connectivity index (χ1v) is 14.1. The molecule has 1 aromatic heterocycles. The van der Waals surface area contributed by atoms with Crippen LogP contribution in [0.1, 0.15) is 48.9 Å². The van der Waals surface area contributed by atoms with E-state index in [4.69, 9.17) is 9.72 Å². The van der Waals surface area contributed by atoms with E-state index in [9.17, 15) is 8.42 Å². The average Bonchev–Trinajstić information content (AvgIpc) is 3.20. The van der Waals surface area contributed by atoms with E-state index in [0.29, 0.717) is 17.4 Å². The molecule has 1 heterocycles. The van der Waals surface area contributed by atoms with Crippen molar-refractivity contribution < 1.29 is 13.2 Å². The molecule has 0 bridgehead atoms. The van der Waals surface area contributed by atoms with E-state index in [2.05, 4.69) is 10.0 Å². The fraction of sp³-hybridized carbons (Fsp3) is 0.423. The number of rotatable bonds is 8. The number of hydrogen-bond acceptors (Lipinski definition) is 6. The highest BCUT2D eigenvalue weighted by molar-refractivity contribution is 7.92. The van der Waals surface area contributed by atoms with Crippen molar-refractivity contribution in [1.82, 2.24) is 4.98 Å². The topological polar surface area (TPSA) is 80.3 Å². The molecular weight excluding hydrogens is 466 g/mol. The molecule has 0 radical (unpaired) electrons. The lowest BCUT2D eigenvalue weighted by atomic mass is 9.89. The van der Waals surface area contributed by atoms with Gasteiger partial charge < -0.3 is 10.1 Å². The van der Waals surface area contributed by atoms with Gasteiger partial charge in [-0.15, -0.1) is 0 Å². The first-order valence-electron chi connectivity index (χ1n) is 11.8. The van der Waals surface area contributed by atoms with Gasteiger partial charge in [-0.2, -0.15) is 0 Å². The smallest absolute Gasteiger partial charge is 0.265 e. The van der Waals surface area contributed by atoms with Gasteiger partial charge >= 0.3 is 0 Å². The molecule has 0 aliphatic heterocycles. The third-order valence-electron chi connectivity index (χ3n) is 6.54. The van der Waals surface area contributed by atoms with Gasteiger partial charge in [-0.1, -0.05) is 36.7 Å². The Morgan fingerprint density at radius 3 is 2.50 bits per heavy atom. The number of anilines is 2. The van der Waals surface area contributed by atoms with E-state index in [1.165, 1.54) is 39.2 Å². The molecule has 6 nitrogen and oxygen atoms in total. The Morgan fingerprint density at radius 1 is 1.03 bits per heavy atom. The van der Waals surface area contributed by atoms with Gasteiger partial charge in [0.15, 0.2) is 5.13 Å². The molecule has 2 N–H and O–H groups in total. The van der Waals surface area contributed by atoms with Crippen molar-refractivity contribution in [2.45, 2.75) is 57.8 Å². The molecule has 0 unspecified atom stereocenters. The number of methoxy groups -OCH3 is 1. The van der Waals surface area contributed by atoms with Gasteiger partial charge in [-0.05, 0) is 86.6 Å². The van der Waals surface area contributed by atoms with Gasteiger partial charge in [0.2, 0.25) is 0 Å². The summed E-state index contributed by atoms with van der Waals surface area (Å²) in [6.45, 7) is 6.86. The van der Waals surface area contributed by atoms with Crippen molar-refractivity contribution >= 4 is 32.2 Å². The van der Waals surface area contributed by atoms with Crippen LogP contribution in [0.25, 0.3) is 10.4 Å². The van der Waals surface area contributed by atoms with Crippen LogP contribution in [0.3, 0.4) is 0 Å². The number of aromatic nitrogens is 1. The van der Waals surface area contributed by atoms with Gasteiger partial charge in [-0.25, -0.2) is 13.4 Å².